The molecule has 0 atom stereocenters. The van der Waals surface area contributed by atoms with E-state index in [4.69, 9.17) is 0 Å². The van der Waals surface area contributed by atoms with Crippen LogP contribution in [0, 0.1) is 0 Å². The number of alkyl halides is 6. The second kappa shape index (κ2) is 5.01. The van der Waals surface area contributed by atoms with Crippen LogP contribution in [0.2, 0.25) is 0 Å². The SMILES string of the molecule is CCOC(=O)NC(CC)(C(F)(F)F)C(F)(F)F. The predicted molar refractivity (Wildman–Crippen MR) is 45.3 cm³/mol. The first-order valence-electron chi connectivity index (χ1n) is 4.60. The lowest BCUT2D eigenvalue weighted by Gasteiger charge is -2.36. The maximum Gasteiger partial charge on any atom is 0.420 e. The molecular formula is C8H11F6NO2. The predicted octanol–water partition coefficient (Wildman–Crippen LogP) is 3.01. The molecule has 0 bridgehead atoms. The van der Waals surface area contributed by atoms with Crippen LogP contribution in [0.4, 0.5) is 31.1 Å². The lowest BCUT2D eigenvalue weighted by atomic mass is 9.94. The molecule has 0 heterocycles. The Morgan fingerprint density at radius 2 is 1.47 bits per heavy atom. The molecule has 1 amide bonds. The van der Waals surface area contributed by atoms with E-state index in [2.05, 4.69) is 4.74 Å². The Labute approximate surface area is 93.1 Å². The van der Waals surface area contributed by atoms with E-state index < -0.39 is 30.4 Å². The molecule has 0 radical (unpaired) electrons. The summed E-state index contributed by atoms with van der Waals surface area (Å²) in [5.41, 5.74) is -4.29. The molecule has 1 N–H and O–H groups in total. The maximum atomic E-state index is 12.5. The van der Waals surface area contributed by atoms with Gasteiger partial charge in [0.1, 0.15) is 0 Å². The summed E-state index contributed by atoms with van der Waals surface area (Å²) in [5, 5.41) is 0.850. The van der Waals surface area contributed by atoms with Crippen molar-refractivity contribution in [1.29, 1.82) is 0 Å². The van der Waals surface area contributed by atoms with Crippen molar-refractivity contribution in [2.45, 2.75) is 38.2 Å². The van der Waals surface area contributed by atoms with Crippen LogP contribution in [0.5, 0.6) is 0 Å². The average molecular weight is 267 g/mol. The second-order valence-corrected chi connectivity index (χ2v) is 3.10. The highest BCUT2D eigenvalue weighted by atomic mass is 19.4. The van der Waals surface area contributed by atoms with Crippen molar-refractivity contribution in [3.05, 3.63) is 0 Å². The van der Waals surface area contributed by atoms with Gasteiger partial charge < -0.3 is 4.74 Å². The van der Waals surface area contributed by atoms with Gasteiger partial charge in [0, 0.05) is 0 Å². The van der Waals surface area contributed by atoms with Gasteiger partial charge in [0.15, 0.2) is 0 Å². The van der Waals surface area contributed by atoms with Crippen LogP contribution in [-0.4, -0.2) is 30.6 Å². The summed E-state index contributed by atoms with van der Waals surface area (Å²) in [6.07, 6.45) is -14.5. The van der Waals surface area contributed by atoms with Crippen molar-refractivity contribution in [1.82, 2.24) is 5.32 Å². The van der Waals surface area contributed by atoms with E-state index in [1.54, 1.807) is 0 Å². The van der Waals surface area contributed by atoms with Gasteiger partial charge in [0.2, 0.25) is 5.54 Å². The Hall–Kier alpha value is -1.15. The molecule has 0 aliphatic heterocycles. The van der Waals surface area contributed by atoms with E-state index in [-0.39, 0.29) is 6.61 Å². The highest BCUT2D eigenvalue weighted by Gasteiger charge is 2.70. The van der Waals surface area contributed by atoms with Crippen molar-refractivity contribution in [2.24, 2.45) is 0 Å². The van der Waals surface area contributed by atoms with Crippen LogP contribution in [0.15, 0.2) is 0 Å². The molecule has 0 saturated heterocycles. The molecular weight excluding hydrogens is 256 g/mol. The standard InChI is InChI=1S/C8H11F6NO2/c1-3-6(7(9,10)11,8(12,13)14)15-5(16)17-4-2/h3-4H2,1-2H3,(H,15,16). The zero-order valence-corrected chi connectivity index (χ0v) is 9.00. The molecule has 0 aliphatic carbocycles. The fourth-order valence-corrected chi connectivity index (χ4v) is 1.13. The molecule has 9 heteroatoms. The molecule has 0 unspecified atom stereocenters. The van der Waals surface area contributed by atoms with Gasteiger partial charge in [0.05, 0.1) is 6.61 Å². The first-order chi connectivity index (χ1) is 7.52. The molecule has 0 rings (SSSR count). The first kappa shape index (κ1) is 15.9. The Balaban J connectivity index is 5.31. The third-order valence-corrected chi connectivity index (χ3v) is 2.09. The third-order valence-electron chi connectivity index (χ3n) is 2.09. The monoisotopic (exact) mass is 267 g/mol. The number of rotatable bonds is 3. The van der Waals surface area contributed by atoms with Gasteiger partial charge in [-0.25, -0.2) is 4.79 Å². The number of halogens is 6. The molecule has 0 fully saturated rings. The van der Waals surface area contributed by atoms with Crippen LogP contribution >= 0.6 is 0 Å². The quantitative estimate of drug-likeness (QED) is 0.798. The van der Waals surface area contributed by atoms with Crippen LogP contribution in [0.3, 0.4) is 0 Å². The second-order valence-electron chi connectivity index (χ2n) is 3.10. The summed E-state index contributed by atoms with van der Waals surface area (Å²) in [5.74, 6) is 0. The Bertz CT molecular complexity index is 258. The van der Waals surface area contributed by atoms with E-state index in [9.17, 15) is 31.1 Å². The fourth-order valence-electron chi connectivity index (χ4n) is 1.13. The zero-order chi connectivity index (χ0) is 13.9. The highest BCUT2D eigenvalue weighted by Crippen LogP contribution is 2.45. The summed E-state index contributed by atoms with van der Waals surface area (Å²) >= 11 is 0. The lowest BCUT2D eigenvalue weighted by Crippen LogP contribution is -2.67. The molecule has 17 heavy (non-hydrogen) atoms. The van der Waals surface area contributed by atoms with E-state index in [1.165, 1.54) is 6.92 Å². The zero-order valence-electron chi connectivity index (χ0n) is 9.00. The van der Waals surface area contributed by atoms with E-state index in [0.717, 1.165) is 5.32 Å². The smallest absolute Gasteiger partial charge is 0.420 e. The molecule has 0 saturated carbocycles. The van der Waals surface area contributed by atoms with Gasteiger partial charge >= 0.3 is 18.4 Å². The van der Waals surface area contributed by atoms with Crippen molar-refractivity contribution in [2.75, 3.05) is 6.61 Å². The van der Waals surface area contributed by atoms with E-state index >= 15 is 0 Å². The number of alkyl carbamates (subject to hydrolysis) is 1. The van der Waals surface area contributed by atoms with Gasteiger partial charge in [-0.2, -0.15) is 26.3 Å². The molecule has 102 valence electrons. The Morgan fingerprint density at radius 1 is 1.06 bits per heavy atom. The summed E-state index contributed by atoms with van der Waals surface area (Å²) < 4.78 is 78.9. The molecule has 3 nitrogen and oxygen atoms in total. The van der Waals surface area contributed by atoms with Crippen LogP contribution in [-0.2, 0) is 4.74 Å². The summed E-state index contributed by atoms with van der Waals surface area (Å²) in [6, 6.07) is 0. The third kappa shape index (κ3) is 3.16. The molecule has 0 aromatic carbocycles. The highest BCUT2D eigenvalue weighted by molar-refractivity contribution is 5.68. The number of hydrogen-bond donors (Lipinski definition) is 1. The number of amides is 1. The minimum Gasteiger partial charge on any atom is -0.450 e. The molecule has 0 aromatic rings. The largest absolute Gasteiger partial charge is 0.450 e. The molecule has 0 aromatic heterocycles. The van der Waals surface area contributed by atoms with Gasteiger partial charge in [-0.15, -0.1) is 0 Å². The van der Waals surface area contributed by atoms with Gasteiger partial charge in [-0.1, -0.05) is 6.92 Å². The minimum absolute atomic E-state index is 0.332. The van der Waals surface area contributed by atoms with Gasteiger partial charge in [-0.3, -0.25) is 5.32 Å². The molecule has 0 aliphatic rings. The fraction of sp³-hybridized carbons (Fsp3) is 0.875. The van der Waals surface area contributed by atoms with Crippen LogP contribution in [0.1, 0.15) is 20.3 Å². The van der Waals surface area contributed by atoms with E-state index in [0.29, 0.717) is 6.92 Å². The van der Waals surface area contributed by atoms with Crippen molar-refractivity contribution >= 4 is 6.09 Å². The maximum absolute atomic E-state index is 12.5. The topological polar surface area (TPSA) is 38.3 Å². The summed E-state index contributed by atoms with van der Waals surface area (Å²) in [6.45, 7) is 1.60. The minimum atomic E-state index is -5.66. The summed E-state index contributed by atoms with van der Waals surface area (Å²) in [4.78, 5) is 10.8. The molecule has 0 spiro atoms. The number of hydrogen-bond acceptors (Lipinski definition) is 2. The number of nitrogens with one attached hydrogen (secondary N) is 1. The Kier molecular flexibility index (Phi) is 4.67. The van der Waals surface area contributed by atoms with Crippen molar-refractivity contribution < 1.29 is 35.9 Å². The van der Waals surface area contributed by atoms with Crippen molar-refractivity contribution in [3.63, 3.8) is 0 Å². The van der Waals surface area contributed by atoms with Gasteiger partial charge in [-0.05, 0) is 13.3 Å². The summed E-state index contributed by atoms with van der Waals surface area (Å²) in [7, 11) is 0. The van der Waals surface area contributed by atoms with E-state index in [1.807, 2.05) is 0 Å². The van der Waals surface area contributed by atoms with Crippen LogP contribution < -0.4 is 5.32 Å². The normalized spacial score (nSPS) is 13.4. The number of carbonyl (C=O) groups excluding carboxylic acids is 1. The van der Waals surface area contributed by atoms with Gasteiger partial charge in [0.25, 0.3) is 0 Å². The van der Waals surface area contributed by atoms with Crippen LogP contribution in [0.25, 0.3) is 0 Å². The number of ether oxygens (including phenoxy) is 1. The number of carbonyl (C=O) groups is 1. The lowest BCUT2D eigenvalue weighted by molar-refractivity contribution is -0.305. The van der Waals surface area contributed by atoms with Crippen molar-refractivity contribution in [3.8, 4) is 0 Å². The average Bonchev–Trinajstić information content (AvgIpc) is 2.10. The first-order valence-corrected chi connectivity index (χ1v) is 4.60. The Morgan fingerprint density at radius 3 is 1.71 bits per heavy atom.